The summed E-state index contributed by atoms with van der Waals surface area (Å²) in [5.74, 6) is 0.0255. The highest BCUT2D eigenvalue weighted by atomic mass is 35.5. The lowest BCUT2D eigenvalue weighted by atomic mass is 9.88. The van der Waals surface area contributed by atoms with Gasteiger partial charge in [-0.2, -0.15) is 0 Å². The molecule has 0 unspecified atom stereocenters. The zero-order valence-corrected chi connectivity index (χ0v) is 12.7. The van der Waals surface area contributed by atoms with Crippen molar-refractivity contribution in [1.29, 1.82) is 0 Å². The van der Waals surface area contributed by atoms with Crippen LogP contribution in [-0.4, -0.2) is 30.6 Å². The van der Waals surface area contributed by atoms with E-state index in [2.05, 4.69) is 5.32 Å². The van der Waals surface area contributed by atoms with Crippen LogP contribution >= 0.6 is 11.6 Å². The number of anilines is 1. The summed E-state index contributed by atoms with van der Waals surface area (Å²) in [5.41, 5.74) is 6.11. The average Bonchev–Trinajstić information content (AvgIpc) is 2.89. The number of nitrogens with two attached hydrogens (primary N) is 1. The highest BCUT2D eigenvalue weighted by molar-refractivity contribution is 6.33. The summed E-state index contributed by atoms with van der Waals surface area (Å²) >= 11 is 6.01. The summed E-state index contributed by atoms with van der Waals surface area (Å²) in [6.45, 7) is 5.14. The van der Waals surface area contributed by atoms with Crippen LogP contribution < -0.4 is 11.1 Å². The quantitative estimate of drug-likeness (QED) is 0.648. The molecule has 0 aliphatic carbocycles. The Kier molecular flexibility index (Phi) is 4.68. The topological polar surface area (TPSA) is 64.3 Å². The molecule has 2 rings (SSSR count). The van der Waals surface area contributed by atoms with Crippen molar-refractivity contribution in [2.45, 2.75) is 38.3 Å². The van der Waals surface area contributed by atoms with E-state index in [1.807, 2.05) is 13.8 Å². The van der Waals surface area contributed by atoms with Crippen LogP contribution in [0.2, 0.25) is 5.02 Å². The van der Waals surface area contributed by atoms with Gasteiger partial charge >= 0.3 is 0 Å². The van der Waals surface area contributed by atoms with E-state index < -0.39 is 5.54 Å². The Balaban J connectivity index is 2.24. The van der Waals surface area contributed by atoms with Crippen LogP contribution in [0.15, 0.2) is 18.2 Å². The second-order valence-corrected chi connectivity index (χ2v) is 5.94. The Hall–Kier alpha value is -1.10. The molecule has 4 nitrogen and oxygen atoms in total. The first-order valence-corrected chi connectivity index (χ1v) is 7.29. The minimum absolute atomic E-state index is 0.0255. The summed E-state index contributed by atoms with van der Waals surface area (Å²) in [6.07, 6.45) is 1.84. The summed E-state index contributed by atoms with van der Waals surface area (Å²) in [7, 11) is 0. The van der Waals surface area contributed by atoms with Crippen molar-refractivity contribution in [3.63, 3.8) is 0 Å². The van der Waals surface area contributed by atoms with Gasteiger partial charge in [0.15, 0.2) is 5.78 Å². The van der Waals surface area contributed by atoms with Gasteiger partial charge in [-0.05, 0) is 51.4 Å². The van der Waals surface area contributed by atoms with Crippen LogP contribution in [0.4, 0.5) is 5.69 Å². The Morgan fingerprint density at radius 3 is 2.85 bits per heavy atom. The molecule has 0 spiro atoms. The van der Waals surface area contributed by atoms with Gasteiger partial charge in [0.2, 0.25) is 0 Å². The molecule has 3 N–H and O–H groups in total. The average molecular weight is 297 g/mol. The second kappa shape index (κ2) is 6.12. The molecule has 0 saturated carbocycles. The van der Waals surface area contributed by atoms with Gasteiger partial charge in [-0.1, -0.05) is 11.6 Å². The fourth-order valence-electron chi connectivity index (χ4n) is 2.44. The summed E-state index contributed by atoms with van der Waals surface area (Å²) < 4.78 is 5.68. The highest BCUT2D eigenvalue weighted by Crippen LogP contribution is 2.28. The molecule has 1 heterocycles. The fraction of sp³-hybridized carbons (Fsp3) is 0.533. The van der Waals surface area contributed by atoms with Crippen LogP contribution in [0.1, 0.15) is 37.0 Å². The van der Waals surface area contributed by atoms with E-state index in [9.17, 15) is 4.79 Å². The molecule has 5 heteroatoms. The smallest absolute Gasteiger partial charge is 0.185 e. The number of ketones is 1. The van der Waals surface area contributed by atoms with Crippen molar-refractivity contribution >= 4 is 23.1 Å². The van der Waals surface area contributed by atoms with Crippen molar-refractivity contribution in [2.24, 2.45) is 0 Å². The van der Waals surface area contributed by atoms with Crippen LogP contribution in [-0.2, 0) is 4.74 Å². The maximum Gasteiger partial charge on any atom is 0.185 e. The van der Waals surface area contributed by atoms with Gasteiger partial charge in [-0.3, -0.25) is 4.79 Å². The number of Topliss-reactive ketones (excluding diaryl/α,β-unsaturated/α-hetero) is 1. The largest absolute Gasteiger partial charge is 0.398 e. The first-order chi connectivity index (χ1) is 9.44. The van der Waals surface area contributed by atoms with Crippen LogP contribution in [0.25, 0.3) is 0 Å². The molecule has 20 heavy (non-hydrogen) atoms. The van der Waals surface area contributed by atoms with Gasteiger partial charge in [0.1, 0.15) is 5.54 Å². The van der Waals surface area contributed by atoms with Gasteiger partial charge in [-0.15, -0.1) is 0 Å². The molecule has 1 atom stereocenters. The predicted molar refractivity (Wildman–Crippen MR) is 81.3 cm³/mol. The van der Waals surface area contributed by atoms with E-state index in [1.54, 1.807) is 18.2 Å². The lowest BCUT2D eigenvalue weighted by Crippen LogP contribution is -2.52. The number of carbonyl (C=O) groups excluding carboxylic acids is 1. The van der Waals surface area contributed by atoms with Crippen LogP contribution in [0, 0.1) is 0 Å². The minimum Gasteiger partial charge on any atom is -0.398 e. The van der Waals surface area contributed by atoms with E-state index in [-0.39, 0.29) is 11.9 Å². The lowest BCUT2D eigenvalue weighted by molar-refractivity contribution is 0.0314. The van der Waals surface area contributed by atoms with Crippen molar-refractivity contribution in [1.82, 2.24) is 5.32 Å². The number of nitrogen functional groups attached to an aromatic ring is 1. The van der Waals surface area contributed by atoms with E-state index in [1.165, 1.54) is 0 Å². The number of halogens is 1. The Bertz CT molecular complexity index is 497. The highest BCUT2D eigenvalue weighted by Gasteiger charge is 2.41. The Morgan fingerprint density at radius 2 is 2.30 bits per heavy atom. The Morgan fingerprint density at radius 1 is 1.55 bits per heavy atom. The number of hydrogen-bond donors (Lipinski definition) is 2. The molecular formula is C15H21ClN2O2. The normalized spacial score (nSPS) is 22.4. The first-order valence-electron chi connectivity index (χ1n) is 6.91. The zero-order chi connectivity index (χ0) is 14.8. The molecule has 0 amide bonds. The summed E-state index contributed by atoms with van der Waals surface area (Å²) in [6, 6.07) is 5.03. The second-order valence-electron chi connectivity index (χ2n) is 5.54. The number of nitrogens with one attached hydrogen (secondary N) is 1. The van der Waals surface area contributed by atoms with Crippen LogP contribution in [0.3, 0.4) is 0 Å². The van der Waals surface area contributed by atoms with E-state index >= 15 is 0 Å². The van der Waals surface area contributed by atoms with E-state index in [0.29, 0.717) is 22.9 Å². The van der Waals surface area contributed by atoms with E-state index in [0.717, 1.165) is 19.4 Å². The molecule has 1 fully saturated rings. The maximum absolute atomic E-state index is 12.8. The SMILES string of the molecule is CC(C)OC[C@@]1(C(=O)c2ccc(N)c(Cl)c2)CCCN1. The maximum atomic E-state index is 12.8. The van der Waals surface area contributed by atoms with E-state index in [4.69, 9.17) is 22.1 Å². The molecule has 110 valence electrons. The molecule has 1 aromatic carbocycles. The van der Waals surface area contributed by atoms with Crippen molar-refractivity contribution in [2.75, 3.05) is 18.9 Å². The fourth-order valence-corrected chi connectivity index (χ4v) is 2.62. The standard InChI is InChI=1S/C15H21ClN2O2/c1-10(2)20-9-15(6-3-7-18-15)14(19)11-4-5-13(17)12(16)8-11/h4-5,8,10,18H,3,6-7,9,17H2,1-2H3/t15-/m1/s1. The van der Waals surface area contributed by atoms with Gasteiger partial charge < -0.3 is 15.8 Å². The molecule has 0 aromatic heterocycles. The third kappa shape index (κ3) is 3.14. The van der Waals surface area contributed by atoms with Gasteiger partial charge in [0, 0.05) is 5.56 Å². The third-order valence-corrected chi connectivity index (χ3v) is 3.93. The molecule has 1 saturated heterocycles. The number of benzene rings is 1. The molecule has 0 bridgehead atoms. The summed E-state index contributed by atoms with van der Waals surface area (Å²) in [5, 5.41) is 3.72. The molecule has 1 aromatic rings. The first kappa shape index (κ1) is 15.3. The lowest BCUT2D eigenvalue weighted by Gasteiger charge is -2.29. The summed E-state index contributed by atoms with van der Waals surface area (Å²) in [4.78, 5) is 12.8. The van der Waals surface area contributed by atoms with Gasteiger partial charge in [0.05, 0.1) is 23.4 Å². The number of hydrogen-bond acceptors (Lipinski definition) is 4. The molecule has 1 aliphatic heterocycles. The monoisotopic (exact) mass is 296 g/mol. The van der Waals surface area contributed by atoms with Gasteiger partial charge in [-0.25, -0.2) is 0 Å². The molecular weight excluding hydrogens is 276 g/mol. The Labute approximate surface area is 124 Å². The number of ether oxygens (including phenoxy) is 1. The predicted octanol–water partition coefficient (Wildman–Crippen LogP) is 2.65. The van der Waals surface area contributed by atoms with Crippen molar-refractivity contribution < 1.29 is 9.53 Å². The number of rotatable bonds is 5. The van der Waals surface area contributed by atoms with Crippen molar-refractivity contribution in [3.8, 4) is 0 Å². The molecule has 1 aliphatic rings. The molecule has 0 radical (unpaired) electrons. The number of carbonyl (C=O) groups is 1. The van der Waals surface area contributed by atoms with Gasteiger partial charge in [0.25, 0.3) is 0 Å². The van der Waals surface area contributed by atoms with Crippen LogP contribution in [0.5, 0.6) is 0 Å². The minimum atomic E-state index is -0.635. The third-order valence-electron chi connectivity index (χ3n) is 3.60. The zero-order valence-electron chi connectivity index (χ0n) is 11.9. The van der Waals surface area contributed by atoms with Crippen molar-refractivity contribution in [3.05, 3.63) is 28.8 Å².